The van der Waals surface area contributed by atoms with E-state index >= 15 is 0 Å². The predicted octanol–water partition coefficient (Wildman–Crippen LogP) is 3.28. The Morgan fingerprint density at radius 1 is 1.17 bits per heavy atom. The van der Waals surface area contributed by atoms with Crippen molar-refractivity contribution in [1.82, 2.24) is 0 Å². The topological polar surface area (TPSA) is 78.4 Å². The van der Waals surface area contributed by atoms with Gasteiger partial charge in [-0.3, -0.25) is 10.1 Å². The Hall–Kier alpha value is -2.56. The molecule has 0 saturated carbocycles. The highest BCUT2D eigenvalue weighted by Crippen LogP contribution is 2.31. The molecule has 0 atom stereocenters. The molecule has 5 heteroatoms. The summed E-state index contributed by atoms with van der Waals surface area (Å²) in [6.07, 6.45) is 0. The number of ether oxygens (including phenoxy) is 1. The number of para-hydroxylation sites is 1. The maximum Gasteiger partial charge on any atom is 0.271 e. The lowest BCUT2D eigenvalue weighted by atomic mass is 10.2. The Morgan fingerprint density at radius 3 is 2.50 bits per heavy atom. The summed E-state index contributed by atoms with van der Waals surface area (Å²) in [6.45, 7) is 1.91. The Bertz CT molecular complexity index is 597. The molecule has 2 N–H and O–H groups in total. The molecule has 2 aromatic carbocycles. The second-order valence-electron chi connectivity index (χ2n) is 3.85. The van der Waals surface area contributed by atoms with Crippen molar-refractivity contribution in [3.8, 4) is 11.5 Å². The zero-order chi connectivity index (χ0) is 13.1. The molecule has 0 spiro atoms. The van der Waals surface area contributed by atoms with Gasteiger partial charge in [-0.2, -0.15) is 0 Å². The summed E-state index contributed by atoms with van der Waals surface area (Å²) in [4.78, 5) is 10.1. The lowest BCUT2D eigenvalue weighted by molar-refractivity contribution is -0.384. The van der Waals surface area contributed by atoms with E-state index in [0.29, 0.717) is 11.5 Å². The molecule has 0 aliphatic rings. The van der Waals surface area contributed by atoms with Crippen LogP contribution in [0, 0.1) is 17.0 Å². The van der Waals surface area contributed by atoms with Crippen LogP contribution in [0.3, 0.4) is 0 Å². The van der Waals surface area contributed by atoms with Gasteiger partial charge in [-0.1, -0.05) is 18.2 Å². The summed E-state index contributed by atoms with van der Waals surface area (Å²) in [5.74, 6) is 1.09. The van der Waals surface area contributed by atoms with E-state index in [1.807, 2.05) is 31.2 Å². The first kappa shape index (κ1) is 11.9. The number of rotatable bonds is 3. The monoisotopic (exact) mass is 244 g/mol. The first-order valence-corrected chi connectivity index (χ1v) is 5.35. The van der Waals surface area contributed by atoms with Crippen molar-refractivity contribution in [2.75, 3.05) is 5.73 Å². The third kappa shape index (κ3) is 2.40. The van der Waals surface area contributed by atoms with Crippen molar-refractivity contribution >= 4 is 11.4 Å². The Balaban J connectivity index is 2.30. The molecule has 18 heavy (non-hydrogen) atoms. The number of hydrogen-bond donors (Lipinski definition) is 1. The third-order valence-electron chi connectivity index (χ3n) is 2.52. The average molecular weight is 244 g/mol. The van der Waals surface area contributed by atoms with Gasteiger partial charge in [-0.05, 0) is 24.6 Å². The molecule has 5 nitrogen and oxygen atoms in total. The molecule has 2 rings (SSSR count). The Kier molecular flexibility index (Phi) is 3.14. The molecule has 0 aromatic heterocycles. The maximum absolute atomic E-state index is 10.6. The van der Waals surface area contributed by atoms with E-state index in [2.05, 4.69) is 0 Å². The minimum atomic E-state index is -0.492. The molecule has 0 bridgehead atoms. The largest absolute Gasteiger partial charge is 0.455 e. The standard InChI is InChI=1S/C13H12N2O3/c1-9-4-2-3-5-12(9)18-13-7-6-10(15(16)17)8-11(13)14/h2-8H,14H2,1H3. The van der Waals surface area contributed by atoms with Gasteiger partial charge in [0.1, 0.15) is 5.75 Å². The first-order valence-electron chi connectivity index (χ1n) is 5.35. The number of non-ortho nitro benzene ring substituents is 1. The first-order chi connectivity index (χ1) is 8.58. The lowest BCUT2D eigenvalue weighted by Crippen LogP contribution is -1.95. The van der Waals surface area contributed by atoms with Crippen LogP contribution in [-0.2, 0) is 0 Å². The van der Waals surface area contributed by atoms with Crippen molar-refractivity contribution < 1.29 is 9.66 Å². The molecule has 92 valence electrons. The molecular formula is C13H12N2O3. The number of aryl methyl sites for hydroxylation is 1. The lowest BCUT2D eigenvalue weighted by Gasteiger charge is -2.10. The highest BCUT2D eigenvalue weighted by Gasteiger charge is 2.10. The zero-order valence-electron chi connectivity index (χ0n) is 9.79. The summed E-state index contributed by atoms with van der Waals surface area (Å²) in [6, 6.07) is 11.6. The highest BCUT2D eigenvalue weighted by molar-refractivity contribution is 5.59. The number of nitrogens with two attached hydrogens (primary N) is 1. The van der Waals surface area contributed by atoms with Gasteiger partial charge in [0.25, 0.3) is 5.69 Å². The van der Waals surface area contributed by atoms with Crippen LogP contribution in [0.15, 0.2) is 42.5 Å². The van der Waals surface area contributed by atoms with Gasteiger partial charge in [0.15, 0.2) is 5.75 Å². The van der Waals surface area contributed by atoms with Gasteiger partial charge in [-0.15, -0.1) is 0 Å². The molecular weight excluding hydrogens is 232 g/mol. The molecule has 0 aliphatic carbocycles. The Morgan fingerprint density at radius 2 is 1.89 bits per heavy atom. The number of benzene rings is 2. The summed E-state index contributed by atoms with van der Waals surface area (Å²) in [5, 5.41) is 10.6. The molecule has 0 unspecified atom stereocenters. The fraction of sp³-hybridized carbons (Fsp3) is 0.0769. The fourth-order valence-electron chi connectivity index (χ4n) is 1.53. The van der Waals surface area contributed by atoms with Crippen molar-refractivity contribution in [2.45, 2.75) is 6.92 Å². The van der Waals surface area contributed by atoms with E-state index < -0.39 is 4.92 Å². The predicted molar refractivity (Wildman–Crippen MR) is 68.8 cm³/mol. The van der Waals surface area contributed by atoms with Crippen LogP contribution in [-0.4, -0.2) is 4.92 Å². The number of nitro groups is 1. The van der Waals surface area contributed by atoms with Crippen LogP contribution in [0.25, 0.3) is 0 Å². The molecule has 0 aliphatic heterocycles. The van der Waals surface area contributed by atoms with Gasteiger partial charge in [0, 0.05) is 12.1 Å². The third-order valence-corrected chi connectivity index (χ3v) is 2.52. The number of anilines is 1. The number of hydrogen-bond acceptors (Lipinski definition) is 4. The van der Waals surface area contributed by atoms with E-state index in [9.17, 15) is 10.1 Å². The second kappa shape index (κ2) is 4.75. The van der Waals surface area contributed by atoms with Gasteiger partial charge < -0.3 is 10.5 Å². The summed E-state index contributed by atoms with van der Waals surface area (Å²) < 4.78 is 5.63. The van der Waals surface area contributed by atoms with Crippen LogP contribution >= 0.6 is 0 Å². The number of nitrogens with zero attached hydrogens (tertiary/aromatic N) is 1. The smallest absolute Gasteiger partial charge is 0.271 e. The van der Waals surface area contributed by atoms with E-state index in [4.69, 9.17) is 10.5 Å². The van der Waals surface area contributed by atoms with E-state index in [-0.39, 0.29) is 11.4 Å². The molecule has 2 aromatic rings. The van der Waals surface area contributed by atoms with E-state index in [0.717, 1.165) is 5.56 Å². The number of nitrogen functional groups attached to an aromatic ring is 1. The van der Waals surface area contributed by atoms with Crippen LogP contribution < -0.4 is 10.5 Å². The molecule has 0 amide bonds. The minimum Gasteiger partial charge on any atom is -0.455 e. The second-order valence-corrected chi connectivity index (χ2v) is 3.85. The summed E-state index contributed by atoms with van der Waals surface area (Å²) >= 11 is 0. The van der Waals surface area contributed by atoms with Crippen LogP contribution in [0.2, 0.25) is 0 Å². The Labute approximate surface area is 104 Å². The SMILES string of the molecule is Cc1ccccc1Oc1ccc([N+](=O)[O-])cc1N. The van der Waals surface area contributed by atoms with Crippen molar-refractivity contribution in [1.29, 1.82) is 0 Å². The molecule has 0 radical (unpaired) electrons. The van der Waals surface area contributed by atoms with Crippen molar-refractivity contribution in [3.63, 3.8) is 0 Å². The normalized spacial score (nSPS) is 10.1. The summed E-state index contributed by atoms with van der Waals surface area (Å²) in [5.41, 5.74) is 6.89. The van der Waals surface area contributed by atoms with E-state index in [1.54, 1.807) is 0 Å². The molecule has 0 fully saturated rings. The zero-order valence-corrected chi connectivity index (χ0v) is 9.79. The van der Waals surface area contributed by atoms with Crippen LogP contribution in [0.1, 0.15) is 5.56 Å². The highest BCUT2D eigenvalue weighted by atomic mass is 16.6. The van der Waals surface area contributed by atoms with Gasteiger partial charge in [0.2, 0.25) is 0 Å². The molecule has 0 saturated heterocycles. The van der Waals surface area contributed by atoms with Crippen molar-refractivity contribution in [2.24, 2.45) is 0 Å². The van der Waals surface area contributed by atoms with Gasteiger partial charge >= 0.3 is 0 Å². The number of nitro benzene ring substituents is 1. The summed E-state index contributed by atoms with van der Waals surface area (Å²) in [7, 11) is 0. The van der Waals surface area contributed by atoms with E-state index in [1.165, 1.54) is 18.2 Å². The van der Waals surface area contributed by atoms with Crippen molar-refractivity contribution in [3.05, 3.63) is 58.1 Å². The quantitative estimate of drug-likeness (QED) is 0.510. The van der Waals surface area contributed by atoms with Gasteiger partial charge in [-0.25, -0.2) is 0 Å². The van der Waals surface area contributed by atoms with Crippen LogP contribution in [0.5, 0.6) is 11.5 Å². The average Bonchev–Trinajstić information content (AvgIpc) is 2.34. The maximum atomic E-state index is 10.6. The van der Waals surface area contributed by atoms with Gasteiger partial charge in [0.05, 0.1) is 10.6 Å². The fourth-order valence-corrected chi connectivity index (χ4v) is 1.53. The van der Waals surface area contributed by atoms with Crippen LogP contribution in [0.4, 0.5) is 11.4 Å². The molecule has 0 heterocycles. The minimum absolute atomic E-state index is 0.0513.